The molecule has 0 aromatic carbocycles. The van der Waals surface area contributed by atoms with Crippen molar-refractivity contribution < 1.29 is 9.59 Å². The molecule has 3 rings (SSSR count). The molecular formula is C18H24N4O2S2. The van der Waals surface area contributed by atoms with Crippen LogP contribution >= 0.6 is 23.1 Å². The first kappa shape index (κ1) is 19.0. The van der Waals surface area contributed by atoms with Crippen molar-refractivity contribution in [1.82, 2.24) is 20.0 Å². The van der Waals surface area contributed by atoms with Gasteiger partial charge in [0.1, 0.15) is 0 Å². The maximum absolute atomic E-state index is 12.3. The number of thioether (sulfide) groups is 1. The fourth-order valence-electron chi connectivity index (χ4n) is 3.18. The van der Waals surface area contributed by atoms with Gasteiger partial charge in [-0.2, -0.15) is 16.9 Å². The molecule has 1 aliphatic heterocycles. The van der Waals surface area contributed by atoms with E-state index in [9.17, 15) is 9.59 Å². The molecule has 8 heteroatoms. The first-order chi connectivity index (χ1) is 12.7. The Balaban J connectivity index is 1.51. The molecule has 26 heavy (non-hydrogen) atoms. The molecule has 1 saturated heterocycles. The summed E-state index contributed by atoms with van der Waals surface area (Å²) in [6.45, 7) is 2.22. The molecule has 0 bridgehead atoms. The van der Waals surface area contributed by atoms with Crippen molar-refractivity contribution in [3.8, 4) is 0 Å². The van der Waals surface area contributed by atoms with E-state index >= 15 is 0 Å². The normalized spacial score (nSPS) is 16.8. The molecule has 1 fully saturated rings. The smallest absolute Gasteiger partial charge is 0.261 e. The van der Waals surface area contributed by atoms with Gasteiger partial charge in [-0.15, -0.1) is 11.3 Å². The predicted molar refractivity (Wildman–Crippen MR) is 106 cm³/mol. The molecule has 0 radical (unpaired) electrons. The second-order valence-corrected chi connectivity index (χ2v) is 8.24. The fourth-order valence-corrected chi connectivity index (χ4v) is 4.67. The number of aromatic nitrogens is 2. The molecule has 0 saturated carbocycles. The van der Waals surface area contributed by atoms with E-state index in [-0.39, 0.29) is 17.9 Å². The van der Waals surface area contributed by atoms with Gasteiger partial charge in [0.2, 0.25) is 5.91 Å². The molecule has 1 N–H and O–H groups in total. The number of aryl methyl sites for hydroxylation is 1. The van der Waals surface area contributed by atoms with Crippen LogP contribution in [-0.4, -0.2) is 51.6 Å². The Labute approximate surface area is 162 Å². The van der Waals surface area contributed by atoms with Gasteiger partial charge in [0, 0.05) is 36.9 Å². The topological polar surface area (TPSA) is 67.2 Å². The van der Waals surface area contributed by atoms with Crippen LogP contribution in [0.3, 0.4) is 0 Å². The lowest BCUT2D eigenvalue weighted by atomic mass is 10.2. The quantitative estimate of drug-likeness (QED) is 0.702. The average molecular weight is 393 g/mol. The zero-order valence-electron chi connectivity index (χ0n) is 14.9. The first-order valence-corrected chi connectivity index (χ1v) is 11.0. The maximum Gasteiger partial charge on any atom is 0.261 e. The van der Waals surface area contributed by atoms with Gasteiger partial charge in [-0.3, -0.25) is 14.3 Å². The number of hydrogen-bond acceptors (Lipinski definition) is 5. The highest BCUT2D eigenvalue weighted by Gasteiger charge is 2.30. The van der Waals surface area contributed by atoms with Crippen LogP contribution in [0.5, 0.6) is 0 Å². The molecule has 140 valence electrons. The van der Waals surface area contributed by atoms with Crippen LogP contribution in [0.1, 0.15) is 39.9 Å². The van der Waals surface area contributed by atoms with Crippen molar-refractivity contribution in [2.75, 3.05) is 25.1 Å². The zero-order chi connectivity index (χ0) is 18.4. The summed E-state index contributed by atoms with van der Waals surface area (Å²) in [5.41, 5.74) is 0. The zero-order valence-corrected chi connectivity index (χ0v) is 16.5. The van der Waals surface area contributed by atoms with E-state index in [1.807, 2.05) is 40.2 Å². The van der Waals surface area contributed by atoms with E-state index in [2.05, 4.69) is 10.4 Å². The third-order valence-electron chi connectivity index (χ3n) is 4.43. The number of nitrogens with zero attached hydrogens (tertiary/aromatic N) is 3. The van der Waals surface area contributed by atoms with Gasteiger partial charge in [-0.05, 0) is 43.7 Å². The Hall–Kier alpha value is -1.80. The molecule has 0 spiro atoms. The van der Waals surface area contributed by atoms with Crippen LogP contribution in [0.15, 0.2) is 30.6 Å². The highest BCUT2D eigenvalue weighted by atomic mass is 32.2. The lowest BCUT2D eigenvalue weighted by Crippen LogP contribution is -2.31. The summed E-state index contributed by atoms with van der Waals surface area (Å²) in [6.07, 6.45) is 8.46. The van der Waals surface area contributed by atoms with Crippen molar-refractivity contribution in [2.45, 2.75) is 31.8 Å². The molecule has 1 atom stereocenters. The second-order valence-electron chi connectivity index (χ2n) is 6.26. The molecule has 1 aliphatic rings. The average Bonchev–Trinajstić information content (AvgIpc) is 3.39. The monoisotopic (exact) mass is 392 g/mol. The highest BCUT2D eigenvalue weighted by molar-refractivity contribution is 7.99. The Kier molecular flexibility index (Phi) is 6.73. The van der Waals surface area contributed by atoms with E-state index in [1.54, 1.807) is 18.0 Å². The van der Waals surface area contributed by atoms with Crippen LogP contribution in [0.2, 0.25) is 0 Å². The minimum absolute atomic E-state index is 0.0401. The molecule has 6 nitrogen and oxygen atoms in total. The van der Waals surface area contributed by atoms with Crippen molar-refractivity contribution in [3.63, 3.8) is 0 Å². The Bertz CT molecular complexity index is 729. The minimum Gasteiger partial charge on any atom is -0.351 e. The van der Waals surface area contributed by atoms with Crippen LogP contribution in [0.4, 0.5) is 0 Å². The molecule has 2 amide bonds. The van der Waals surface area contributed by atoms with Gasteiger partial charge in [-0.1, -0.05) is 0 Å². The number of thiophene rings is 1. The summed E-state index contributed by atoms with van der Waals surface area (Å²) in [6, 6.07) is 5.89. The summed E-state index contributed by atoms with van der Waals surface area (Å²) in [4.78, 5) is 28.4. The van der Waals surface area contributed by atoms with Crippen LogP contribution in [0.25, 0.3) is 0 Å². The number of carbonyl (C=O) groups excluding carboxylic acids is 2. The van der Waals surface area contributed by atoms with Crippen molar-refractivity contribution in [2.24, 2.45) is 0 Å². The Morgan fingerprint density at radius 2 is 2.31 bits per heavy atom. The van der Waals surface area contributed by atoms with Crippen LogP contribution in [0, 0.1) is 0 Å². The number of amides is 2. The summed E-state index contributed by atoms with van der Waals surface area (Å²) >= 11 is 3.06. The standard InChI is InChI=1S/C18H24N4O2S2/c1-25-13-17(23)22-12-2-5-14(22)15-6-7-16(26-15)18(24)19-8-3-10-21-11-4-9-20-21/h4,6-7,9,11,14H,2-3,5,8,10,12-13H2,1H3,(H,19,24)/t14-/m0/s1. The van der Waals surface area contributed by atoms with Crippen molar-refractivity contribution in [1.29, 1.82) is 0 Å². The van der Waals surface area contributed by atoms with Crippen molar-refractivity contribution >= 4 is 34.9 Å². The van der Waals surface area contributed by atoms with Gasteiger partial charge in [0.15, 0.2) is 0 Å². The molecule has 2 aromatic heterocycles. The highest BCUT2D eigenvalue weighted by Crippen LogP contribution is 2.36. The van der Waals surface area contributed by atoms with E-state index in [0.29, 0.717) is 17.2 Å². The SMILES string of the molecule is CSCC(=O)N1CCC[C@H]1c1ccc(C(=O)NCCCn2cccn2)s1. The lowest BCUT2D eigenvalue weighted by Gasteiger charge is -2.23. The van der Waals surface area contributed by atoms with Gasteiger partial charge in [0.05, 0.1) is 16.7 Å². The summed E-state index contributed by atoms with van der Waals surface area (Å²) in [5, 5.41) is 7.11. The number of carbonyl (C=O) groups is 2. The third kappa shape index (κ3) is 4.67. The largest absolute Gasteiger partial charge is 0.351 e. The molecular weight excluding hydrogens is 368 g/mol. The number of nitrogens with one attached hydrogen (secondary N) is 1. The van der Waals surface area contributed by atoms with E-state index in [1.165, 1.54) is 11.3 Å². The fraction of sp³-hybridized carbons (Fsp3) is 0.500. The number of rotatable bonds is 8. The van der Waals surface area contributed by atoms with Gasteiger partial charge < -0.3 is 10.2 Å². The molecule has 0 aliphatic carbocycles. The van der Waals surface area contributed by atoms with Gasteiger partial charge in [0.25, 0.3) is 5.91 Å². The molecule has 0 unspecified atom stereocenters. The van der Waals surface area contributed by atoms with Crippen LogP contribution in [-0.2, 0) is 11.3 Å². The lowest BCUT2D eigenvalue weighted by molar-refractivity contribution is -0.129. The number of hydrogen-bond donors (Lipinski definition) is 1. The molecule has 2 aromatic rings. The van der Waals surface area contributed by atoms with Gasteiger partial charge in [-0.25, -0.2) is 0 Å². The molecule has 3 heterocycles. The summed E-state index contributed by atoms with van der Waals surface area (Å²) in [5.74, 6) is 0.672. The number of likely N-dealkylation sites (tertiary alicyclic amines) is 1. The van der Waals surface area contributed by atoms with Gasteiger partial charge >= 0.3 is 0 Å². The van der Waals surface area contributed by atoms with Crippen LogP contribution < -0.4 is 5.32 Å². The second kappa shape index (κ2) is 9.23. The minimum atomic E-state index is -0.0401. The summed E-state index contributed by atoms with van der Waals surface area (Å²) < 4.78 is 1.86. The van der Waals surface area contributed by atoms with Crippen molar-refractivity contribution in [3.05, 3.63) is 40.3 Å². The van der Waals surface area contributed by atoms with E-state index in [0.717, 1.165) is 37.2 Å². The Morgan fingerprint density at radius 3 is 3.08 bits per heavy atom. The third-order valence-corrected chi connectivity index (χ3v) is 6.15. The van der Waals surface area contributed by atoms with E-state index in [4.69, 9.17) is 0 Å². The first-order valence-electron chi connectivity index (χ1n) is 8.83. The maximum atomic E-state index is 12.3. The predicted octanol–water partition coefficient (Wildman–Crippen LogP) is 2.79. The Morgan fingerprint density at radius 1 is 1.42 bits per heavy atom. The van der Waals surface area contributed by atoms with E-state index < -0.39 is 0 Å². The summed E-state index contributed by atoms with van der Waals surface area (Å²) in [7, 11) is 0.